The van der Waals surface area contributed by atoms with Gasteiger partial charge in [0.15, 0.2) is 0 Å². The first-order valence-electron chi connectivity index (χ1n) is 6.05. The lowest BCUT2D eigenvalue weighted by atomic mass is 10.1. The summed E-state index contributed by atoms with van der Waals surface area (Å²) in [5, 5.41) is 4.11. The van der Waals surface area contributed by atoms with Gasteiger partial charge in [-0.15, -0.1) is 0 Å². The van der Waals surface area contributed by atoms with Crippen LogP contribution in [0.4, 0.5) is 0 Å². The molecule has 3 heteroatoms. The summed E-state index contributed by atoms with van der Waals surface area (Å²) >= 11 is 0. The quantitative estimate of drug-likeness (QED) is 0.833. The highest BCUT2D eigenvalue weighted by atomic mass is 16.1. The number of rotatable bonds is 4. The largest absolute Gasteiger partial charge is 0.361 e. The van der Waals surface area contributed by atoms with Gasteiger partial charge in [0, 0.05) is 23.1 Å². The summed E-state index contributed by atoms with van der Waals surface area (Å²) in [5.74, 6) is 0.0871. The second kappa shape index (κ2) is 5.04. The molecule has 0 aliphatic heterocycles. The van der Waals surface area contributed by atoms with Crippen LogP contribution in [0.15, 0.2) is 30.5 Å². The number of fused-ring (bicyclic) bond motifs is 1. The molecule has 2 rings (SSSR count). The van der Waals surface area contributed by atoms with E-state index < -0.39 is 0 Å². The molecule has 2 N–H and O–H groups in total. The summed E-state index contributed by atoms with van der Waals surface area (Å²) in [5.41, 5.74) is 2.14. The number of amides is 1. The molecule has 90 valence electrons. The van der Waals surface area contributed by atoms with Crippen molar-refractivity contribution in [3.05, 3.63) is 36.0 Å². The fourth-order valence-electron chi connectivity index (χ4n) is 1.88. The monoisotopic (exact) mass is 230 g/mol. The Hall–Kier alpha value is -1.77. The molecule has 0 saturated heterocycles. The topological polar surface area (TPSA) is 44.9 Å². The van der Waals surface area contributed by atoms with Gasteiger partial charge in [0.25, 0.3) is 0 Å². The number of aromatic amines is 1. The van der Waals surface area contributed by atoms with Crippen molar-refractivity contribution in [1.29, 1.82) is 0 Å². The first-order valence-corrected chi connectivity index (χ1v) is 6.05. The first kappa shape index (κ1) is 11.7. The van der Waals surface area contributed by atoms with E-state index in [1.54, 1.807) is 0 Å². The van der Waals surface area contributed by atoms with Gasteiger partial charge in [0.2, 0.25) is 5.91 Å². The zero-order chi connectivity index (χ0) is 12.3. The molecule has 1 atom stereocenters. The van der Waals surface area contributed by atoms with Gasteiger partial charge in [-0.05, 0) is 25.0 Å². The SMILES string of the molecule is CC[C@H](C)NC(=O)Cc1c[nH]c2ccccc12. The minimum absolute atomic E-state index is 0.0871. The predicted octanol–water partition coefficient (Wildman–Crippen LogP) is 2.63. The fourth-order valence-corrected chi connectivity index (χ4v) is 1.88. The van der Waals surface area contributed by atoms with Gasteiger partial charge >= 0.3 is 0 Å². The predicted molar refractivity (Wildman–Crippen MR) is 69.9 cm³/mol. The Morgan fingerprint density at radius 2 is 2.18 bits per heavy atom. The molecule has 0 aliphatic rings. The molecule has 3 nitrogen and oxygen atoms in total. The van der Waals surface area contributed by atoms with E-state index in [1.807, 2.05) is 37.4 Å². The molecule has 1 heterocycles. The molecule has 0 unspecified atom stereocenters. The summed E-state index contributed by atoms with van der Waals surface area (Å²) in [6.45, 7) is 4.09. The summed E-state index contributed by atoms with van der Waals surface area (Å²) in [7, 11) is 0. The third-order valence-corrected chi connectivity index (χ3v) is 3.05. The molecule has 0 radical (unpaired) electrons. The highest BCUT2D eigenvalue weighted by Crippen LogP contribution is 2.17. The Kier molecular flexibility index (Phi) is 3.47. The van der Waals surface area contributed by atoms with Crippen molar-refractivity contribution in [1.82, 2.24) is 10.3 Å². The smallest absolute Gasteiger partial charge is 0.224 e. The summed E-state index contributed by atoms with van der Waals surface area (Å²) in [6.07, 6.45) is 3.31. The van der Waals surface area contributed by atoms with Crippen LogP contribution in [0.25, 0.3) is 10.9 Å². The maximum atomic E-state index is 11.8. The van der Waals surface area contributed by atoms with Crippen LogP contribution in [0.2, 0.25) is 0 Å². The number of hydrogen-bond donors (Lipinski definition) is 2. The molecule has 0 saturated carbocycles. The summed E-state index contributed by atoms with van der Waals surface area (Å²) in [6, 6.07) is 8.28. The molecule has 0 spiro atoms. The Labute approximate surface area is 101 Å². The molecule has 0 aliphatic carbocycles. The molecule has 17 heavy (non-hydrogen) atoms. The molecule has 1 aromatic carbocycles. The lowest BCUT2D eigenvalue weighted by Gasteiger charge is -2.10. The fraction of sp³-hybridized carbons (Fsp3) is 0.357. The Balaban J connectivity index is 2.11. The van der Waals surface area contributed by atoms with Crippen LogP contribution in [-0.2, 0) is 11.2 Å². The third kappa shape index (κ3) is 2.67. The van der Waals surface area contributed by atoms with Crippen LogP contribution in [0, 0.1) is 0 Å². The average molecular weight is 230 g/mol. The van der Waals surface area contributed by atoms with Crippen LogP contribution in [0.3, 0.4) is 0 Å². The van der Waals surface area contributed by atoms with E-state index in [0.29, 0.717) is 6.42 Å². The lowest BCUT2D eigenvalue weighted by molar-refractivity contribution is -0.121. The Bertz CT molecular complexity index is 516. The van der Waals surface area contributed by atoms with Crippen molar-refractivity contribution in [2.75, 3.05) is 0 Å². The molecular weight excluding hydrogens is 212 g/mol. The van der Waals surface area contributed by atoms with E-state index in [1.165, 1.54) is 0 Å². The van der Waals surface area contributed by atoms with E-state index in [2.05, 4.69) is 17.2 Å². The van der Waals surface area contributed by atoms with E-state index >= 15 is 0 Å². The van der Waals surface area contributed by atoms with E-state index in [-0.39, 0.29) is 11.9 Å². The number of aromatic nitrogens is 1. The number of hydrogen-bond acceptors (Lipinski definition) is 1. The van der Waals surface area contributed by atoms with Crippen molar-refractivity contribution < 1.29 is 4.79 Å². The number of para-hydroxylation sites is 1. The highest BCUT2D eigenvalue weighted by Gasteiger charge is 2.09. The van der Waals surface area contributed by atoms with Crippen LogP contribution in [0.1, 0.15) is 25.8 Å². The molecule has 0 bridgehead atoms. The van der Waals surface area contributed by atoms with Crippen molar-refractivity contribution in [3.63, 3.8) is 0 Å². The Morgan fingerprint density at radius 3 is 2.94 bits per heavy atom. The Morgan fingerprint density at radius 1 is 1.41 bits per heavy atom. The van der Waals surface area contributed by atoms with Gasteiger partial charge in [-0.3, -0.25) is 4.79 Å². The average Bonchev–Trinajstić information content (AvgIpc) is 2.72. The maximum absolute atomic E-state index is 11.8. The normalized spacial score (nSPS) is 12.6. The molecule has 1 amide bonds. The van der Waals surface area contributed by atoms with E-state index in [4.69, 9.17) is 0 Å². The second-order valence-electron chi connectivity index (χ2n) is 4.41. The molecular formula is C14H18N2O. The first-order chi connectivity index (χ1) is 8.20. The third-order valence-electron chi connectivity index (χ3n) is 3.05. The highest BCUT2D eigenvalue weighted by molar-refractivity contribution is 5.88. The van der Waals surface area contributed by atoms with Gasteiger partial charge in [-0.25, -0.2) is 0 Å². The van der Waals surface area contributed by atoms with E-state index in [0.717, 1.165) is 22.9 Å². The zero-order valence-electron chi connectivity index (χ0n) is 10.3. The molecule has 2 aromatic rings. The minimum atomic E-state index is 0.0871. The summed E-state index contributed by atoms with van der Waals surface area (Å²) in [4.78, 5) is 15.0. The number of benzene rings is 1. The minimum Gasteiger partial charge on any atom is -0.361 e. The van der Waals surface area contributed by atoms with Crippen molar-refractivity contribution in [3.8, 4) is 0 Å². The van der Waals surface area contributed by atoms with Crippen molar-refractivity contribution in [2.45, 2.75) is 32.7 Å². The molecule has 1 aromatic heterocycles. The van der Waals surface area contributed by atoms with Gasteiger partial charge in [0.1, 0.15) is 0 Å². The maximum Gasteiger partial charge on any atom is 0.224 e. The van der Waals surface area contributed by atoms with Gasteiger partial charge in [0.05, 0.1) is 6.42 Å². The van der Waals surface area contributed by atoms with Crippen LogP contribution >= 0.6 is 0 Å². The van der Waals surface area contributed by atoms with Crippen molar-refractivity contribution >= 4 is 16.8 Å². The number of carbonyl (C=O) groups is 1. The van der Waals surface area contributed by atoms with Gasteiger partial charge in [-0.2, -0.15) is 0 Å². The lowest BCUT2D eigenvalue weighted by Crippen LogP contribution is -2.33. The van der Waals surface area contributed by atoms with Crippen LogP contribution < -0.4 is 5.32 Å². The van der Waals surface area contributed by atoms with Crippen molar-refractivity contribution in [2.24, 2.45) is 0 Å². The van der Waals surface area contributed by atoms with Crippen LogP contribution in [0.5, 0.6) is 0 Å². The summed E-state index contributed by atoms with van der Waals surface area (Å²) < 4.78 is 0. The number of H-pyrrole nitrogens is 1. The molecule has 0 fully saturated rings. The van der Waals surface area contributed by atoms with Gasteiger partial charge < -0.3 is 10.3 Å². The van der Waals surface area contributed by atoms with E-state index in [9.17, 15) is 4.79 Å². The standard InChI is InChI=1S/C14H18N2O/c1-3-10(2)16-14(17)8-11-9-15-13-7-5-4-6-12(11)13/h4-7,9-10,15H,3,8H2,1-2H3,(H,16,17)/t10-/m0/s1. The number of nitrogens with one attached hydrogen (secondary N) is 2. The zero-order valence-corrected chi connectivity index (χ0v) is 10.3. The van der Waals surface area contributed by atoms with Crippen LogP contribution in [-0.4, -0.2) is 16.9 Å². The second-order valence-corrected chi connectivity index (χ2v) is 4.41. The number of carbonyl (C=O) groups excluding carboxylic acids is 1. The van der Waals surface area contributed by atoms with Gasteiger partial charge in [-0.1, -0.05) is 25.1 Å².